The number of aromatic nitrogens is 3. The molecule has 0 aliphatic heterocycles. The quantitative estimate of drug-likeness (QED) is 0.215. The molecular formula is C30H24N4O2S. The van der Waals surface area contributed by atoms with Crippen LogP contribution in [0.1, 0.15) is 6.92 Å². The summed E-state index contributed by atoms with van der Waals surface area (Å²) in [4.78, 5) is 31.1. The van der Waals surface area contributed by atoms with Crippen molar-refractivity contribution in [2.24, 2.45) is 0 Å². The lowest BCUT2D eigenvalue weighted by Crippen LogP contribution is -2.22. The van der Waals surface area contributed by atoms with Gasteiger partial charge in [-0.2, -0.15) is 0 Å². The van der Waals surface area contributed by atoms with E-state index in [1.54, 1.807) is 10.6 Å². The standard InChI is InChI=1S/C30H24N4O2S/c1-2-33-26-15-9-7-12-22(26)24-18-20(16-17-27(24)33)31-28(35)19-37-30-32-25-14-8-6-13-23(25)29(36)34(30)21-10-4-3-5-11-21/h3-18H,2,19H2,1H3,(H,31,35). The highest BCUT2D eigenvalue weighted by Gasteiger charge is 2.15. The molecule has 0 fully saturated rings. The lowest BCUT2D eigenvalue weighted by atomic mass is 10.1. The van der Waals surface area contributed by atoms with Gasteiger partial charge in [0, 0.05) is 34.0 Å². The normalized spacial score (nSPS) is 11.4. The molecule has 2 aromatic heterocycles. The largest absolute Gasteiger partial charge is 0.341 e. The van der Waals surface area contributed by atoms with E-state index in [0.29, 0.717) is 21.7 Å². The van der Waals surface area contributed by atoms with E-state index in [-0.39, 0.29) is 17.2 Å². The Morgan fingerprint density at radius 3 is 2.35 bits per heavy atom. The fraction of sp³-hybridized carbons (Fsp3) is 0.100. The van der Waals surface area contributed by atoms with Crippen molar-refractivity contribution in [3.05, 3.63) is 107 Å². The number of fused-ring (bicyclic) bond motifs is 4. The van der Waals surface area contributed by atoms with E-state index in [9.17, 15) is 9.59 Å². The van der Waals surface area contributed by atoms with Crippen molar-refractivity contribution in [2.75, 3.05) is 11.1 Å². The molecule has 1 N–H and O–H groups in total. The van der Waals surface area contributed by atoms with Crippen molar-refractivity contribution in [3.8, 4) is 5.69 Å². The Morgan fingerprint density at radius 1 is 0.838 bits per heavy atom. The summed E-state index contributed by atoms with van der Waals surface area (Å²) in [5.74, 6) is -0.0441. The minimum atomic E-state index is -0.161. The molecule has 0 radical (unpaired) electrons. The van der Waals surface area contributed by atoms with Crippen LogP contribution in [-0.4, -0.2) is 25.8 Å². The Bertz CT molecular complexity index is 1840. The maximum Gasteiger partial charge on any atom is 0.266 e. The van der Waals surface area contributed by atoms with E-state index in [1.165, 1.54) is 17.3 Å². The van der Waals surface area contributed by atoms with Gasteiger partial charge in [-0.3, -0.25) is 14.2 Å². The first-order valence-electron chi connectivity index (χ1n) is 12.1. The van der Waals surface area contributed by atoms with E-state index < -0.39 is 0 Å². The first-order valence-corrected chi connectivity index (χ1v) is 13.1. The third kappa shape index (κ3) is 4.17. The van der Waals surface area contributed by atoms with Crippen LogP contribution in [0.2, 0.25) is 0 Å². The summed E-state index contributed by atoms with van der Waals surface area (Å²) in [5.41, 5.74) is 4.23. The first-order chi connectivity index (χ1) is 18.1. The Kier molecular flexibility index (Phi) is 5.98. The van der Waals surface area contributed by atoms with Gasteiger partial charge in [-0.1, -0.05) is 60.3 Å². The van der Waals surface area contributed by atoms with Gasteiger partial charge in [0.25, 0.3) is 5.56 Å². The molecule has 6 aromatic rings. The molecule has 0 unspecified atom stereocenters. The number of benzene rings is 4. The van der Waals surface area contributed by atoms with Gasteiger partial charge in [0.2, 0.25) is 5.91 Å². The average molecular weight is 505 g/mol. The van der Waals surface area contributed by atoms with E-state index in [0.717, 1.165) is 28.5 Å². The van der Waals surface area contributed by atoms with Crippen LogP contribution in [-0.2, 0) is 11.3 Å². The van der Waals surface area contributed by atoms with Gasteiger partial charge in [0.05, 0.1) is 22.3 Å². The predicted octanol–water partition coefficient (Wildman–Crippen LogP) is 6.24. The lowest BCUT2D eigenvalue weighted by Gasteiger charge is -2.13. The molecule has 6 rings (SSSR count). The van der Waals surface area contributed by atoms with Gasteiger partial charge in [0.1, 0.15) is 0 Å². The van der Waals surface area contributed by atoms with Crippen LogP contribution in [0.15, 0.2) is 107 Å². The number of amides is 1. The van der Waals surface area contributed by atoms with Crippen molar-refractivity contribution in [3.63, 3.8) is 0 Å². The van der Waals surface area contributed by atoms with Crippen molar-refractivity contribution < 1.29 is 4.79 Å². The average Bonchev–Trinajstić information content (AvgIpc) is 3.25. The summed E-state index contributed by atoms with van der Waals surface area (Å²) in [6, 6.07) is 31.0. The smallest absolute Gasteiger partial charge is 0.266 e. The van der Waals surface area contributed by atoms with Crippen molar-refractivity contribution in [1.82, 2.24) is 14.1 Å². The van der Waals surface area contributed by atoms with Gasteiger partial charge >= 0.3 is 0 Å². The first kappa shape index (κ1) is 23.1. The molecule has 2 heterocycles. The van der Waals surface area contributed by atoms with Crippen molar-refractivity contribution in [1.29, 1.82) is 0 Å². The van der Waals surface area contributed by atoms with E-state index in [4.69, 9.17) is 4.98 Å². The zero-order chi connectivity index (χ0) is 25.4. The minimum Gasteiger partial charge on any atom is -0.341 e. The van der Waals surface area contributed by atoms with Crippen molar-refractivity contribution >= 4 is 56.1 Å². The zero-order valence-electron chi connectivity index (χ0n) is 20.2. The fourth-order valence-electron chi connectivity index (χ4n) is 4.81. The summed E-state index contributed by atoms with van der Waals surface area (Å²) >= 11 is 1.25. The third-order valence-electron chi connectivity index (χ3n) is 6.46. The topological polar surface area (TPSA) is 68.9 Å². The van der Waals surface area contributed by atoms with Crippen LogP contribution in [0.4, 0.5) is 5.69 Å². The number of carbonyl (C=O) groups is 1. The summed E-state index contributed by atoms with van der Waals surface area (Å²) in [7, 11) is 0. The number of aryl methyl sites for hydroxylation is 1. The Morgan fingerprint density at radius 2 is 1.54 bits per heavy atom. The Hall–Kier alpha value is -4.36. The number of rotatable bonds is 6. The number of carbonyl (C=O) groups excluding carboxylic acids is 1. The molecule has 0 aliphatic rings. The number of nitrogens with one attached hydrogen (secondary N) is 1. The van der Waals surface area contributed by atoms with E-state index >= 15 is 0 Å². The summed E-state index contributed by atoms with van der Waals surface area (Å²) in [6.45, 7) is 3.00. The van der Waals surface area contributed by atoms with Crippen LogP contribution in [0.25, 0.3) is 38.4 Å². The van der Waals surface area contributed by atoms with Gasteiger partial charge in [-0.05, 0) is 55.5 Å². The third-order valence-corrected chi connectivity index (χ3v) is 7.40. The molecule has 0 bridgehead atoms. The van der Waals surface area contributed by atoms with Crippen LogP contribution < -0.4 is 10.9 Å². The van der Waals surface area contributed by atoms with Gasteiger partial charge in [-0.25, -0.2) is 4.98 Å². The van der Waals surface area contributed by atoms with Crippen LogP contribution in [0.3, 0.4) is 0 Å². The second-order valence-corrected chi connectivity index (χ2v) is 9.66. The number of nitrogens with zero attached hydrogens (tertiary/aromatic N) is 3. The second-order valence-electron chi connectivity index (χ2n) is 8.72. The van der Waals surface area contributed by atoms with Crippen LogP contribution in [0, 0.1) is 0 Å². The second kappa shape index (κ2) is 9.59. The van der Waals surface area contributed by atoms with Crippen LogP contribution in [0.5, 0.6) is 0 Å². The Balaban J connectivity index is 1.29. The van der Waals surface area contributed by atoms with E-state index in [2.05, 4.69) is 35.0 Å². The monoisotopic (exact) mass is 504 g/mol. The number of hydrogen-bond donors (Lipinski definition) is 1. The number of hydrogen-bond acceptors (Lipinski definition) is 4. The van der Waals surface area contributed by atoms with Crippen molar-refractivity contribution in [2.45, 2.75) is 18.6 Å². The van der Waals surface area contributed by atoms with Gasteiger partial charge in [0.15, 0.2) is 5.16 Å². The zero-order valence-corrected chi connectivity index (χ0v) is 21.0. The molecule has 6 nitrogen and oxygen atoms in total. The molecular weight excluding hydrogens is 480 g/mol. The SMILES string of the molecule is CCn1c2ccccc2c2cc(NC(=O)CSc3nc4ccccc4c(=O)n3-c3ccccc3)ccc21. The molecule has 0 saturated heterocycles. The van der Waals surface area contributed by atoms with Gasteiger partial charge in [-0.15, -0.1) is 0 Å². The number of thioether (sulfide) groups is 1. The van der Waals surface area contributed by atoms with Crippen LogP contribution >= 0.6 is 11.8 Å². The highest BCUT2D eigenvalue weighted by atomic mass is 32.2. The van der Waals surface area contributed by atoms with Gasteiger partial charge < -0.3 is 9.88 Å². The lowest BCUT2D eigenvalue weighted by molar-refractivity contribution is -0.113. The summed E-state index contributed by atoms with van der Waals surface area (Å²) < 4.78 is 3.85. The predicted molar refractivity (Wildman–Crippen MR) is 152 cm³/mol. The molecule has 4 aromatic carbocycles. The maximum absolute atomic E-state index is 13.4. The number of anilines is 1. The molecule has 0 saturated carbocycles. The molecule has 1 amide bonds. The number of para-hydroxylation sites is 3. The minimum absolute atomic E-state index is 0.117. The summed E-state index contributed by atoms with van der Waals surface area (Å²) in [5, 5.41) is 6.32. The Labute approximate surface area is 217 Å². The highest BCUT2D eigenvalue weighted by molar-refractivity contribution is 7.99. The molecule has 7 heteroatoms. The molecule has 37 heavy (non-hydrogen) atoms. The molecule has 182 valence electrons. The van der Waals surface area contributed by atoms with E-state index in [1.807, 2.05) is 72.8 Å². The molecule has 0 spiro atoms. The highest BCUT2D eigenvalue weighted by Crippen LogP contribution is 2.31. The maximum atomic E-state index is 13.4. The summed E-state index contributed by atoms with van der Waals surface area (Å²) in [6.07, 6.45) is 0. The fourth-order valence-corrected chi connectivity index (χ4v) is 5.63. The molecule has 0 aliphatic carbocycles. The molecule has 0 atom stereocenters.